The number of anilines is 1. The van der Waals surface area contributed by atoms with Crippen LogP contribution >= 0.6 is 11.6 Å². The van der Waals surface area contributed by atoms with Crippen LogP contribution in [0, 0.1) is 6.92 Å². The topological polar surface area (TPSA) is 77.1 Å². The van der Waals surface area contributed by atoms with Crippen molar-refractivity contribution >= 4 is 29.1 Å². The number of nitrogens with one attached hydrogen (secondary N) is 1. The number of hydrogen-bond acceptors (Lipinski definition) is 5. The van der Waals surface area contributed by atoms with E-state index < -0.39 is 0 Å². The Labute approximate surface area is 174 Å². The van der Waals surface area contributed by atoms with Crippen LogP contribution in [-0.2, 0) is 9.53 Å². The van der Waals surface area contributed by atoms with Crippen molar-refractivity contribution in [2.75, 3.05) is 45.3 Å². The molecule has 8 heteroatoms. The first-order valence-corrected chi connectivity index (χ1v) is 9.59. The van der Waals surface area contributed by atoms with Crippen LogP contribution in [-0.4, -0.2) is 56.7 Å². The zero-order valence-electron chi connectivity index (χ0n) is 16.4. The Bertz CT molecular complexity index is 897. The lowest BCUT2D eigenvalue weighted by atomic mass is 10.1. The third-order valence-corrected chi connectivity index (χ3v) is 4.81. The molecule has 0 aliphatic carbocycles. The van der Waals surface area contributed by atoms with Crippen molar-refractivity contribution in [1.29, 1.82) is 0 Å². The van der Waals surface area contributed by atoms with Crippen LogP contribution in [0.1, 0.15) is 15.9 Å². The van der Waals surface area contributed by atoms with E-state index in [9.17, 15) is 9.59 Å². The first-order chi connectivity index (χ1) is 14.0. The highest BCUT2D eigenvalue weighted by Gasteiger charge is 2.18. The van der Waals surface area contributed by atoms with E-state index in [0.29, 0.717) is 54.1 Å². The summed E-state index contributed by atoms with van der Waals surface area (Å²) in [5.41, 5.74) is 1.94. The second kappa shape index (κ2) is 9.62. The lowest BCUT2D eigenvalue weighted by Gasteiger charge is -2.26. The van der Waals surface area contributed by atoms with E-state index in [-0.39, 0.29) is 18.4 Å². The number of halogens is 1. The van der Waals surface area contributed by atoms with Crippen LogP contribution in [0.5, 0.6) is 11.5 Å². The number of nitrogens with zero attached hydrogens (tertiary/aromatic N) is 1. The quantitative estimate of drug-likeness (QED) is 0.779. The molecule has 7 nitrogen and oxygen atoms in total. The molecule has 1 N–H and O–H groups in total. The summed E-state index contributed by atoms with van der Waals surface area (Å²) >= 11 is 5.95. The smallest absolute Gasteiger partial charge is 0.260 e. The fourth-order valence-electron chi connectivity index (χ4n) is 2.93. The van der Waals surface area contributed by atoms with Crippen molar-refractivity contribution in [3.05, 3.63) is 52.5 Å². The van der Waals surface area contributed by atoms with Gasteiger partial charge in [-0.15, -0.1) is 0 Å². The Morgan fingerprint density at radius 1 is 1.14 bits per heavy atom. The summed E-state index contributed by atoms with van der Waals surface area (Å²) in [6.45, 7) is 3.94. The first kappa shape index (κ1) is 21.0. The SMILES string of the molecule is COc1cc(C(=O)Nc2ccc(Cl)cc2C)ccc1OCC(=O)N1CCOCC1. The summed E-state index contributed by atoms with van der Waals surface area (Å²) in [6, 6.07) is 10.1. The highest BCUT2D eigenvalue weighted by molar-refractivity contribution is 6.30. The molecule has 0 unspecified atom stereocenters. The maximum Gasteiger partial charge on any atom is 0.260 e. The fourth-order valence-corrected chi connectivity index (χ4v) is 3.16. The van der Waals surface area contributed by atoms with E-state index >= 15 is 0 Å². The van der Waals surface area contributed by atoms with Crippen molar-refractivity contribution < 1.29 is 23.8 Å². The van der Waals surface area contributed by atoms with Gasteiger partial charge in [-0.25, -0.2) is 0 Å². The lowest BCUT2D eigenvalue weighted by molar-refractivity contribution is -0.137. The van der Waals surface area contributed by atoms with Gasteiger partial charge in [0.25, 0.3) is 11.8 Å². The largest absolute Gasteiger partial charge is 0.493 e. The molecule has 1 heterocycles. The molecule has 154 valence electrons. The van der Waals surface area contributed by atoms with Gasteiger partial charge in [-0.1, -0.05) is 11.6 Å². The molecule has 0 radical (unpaired) electrons. The molecule has 2 aromatic rings. The second-order valence-corrected chi connectivity index (χ2v) is 7.00. The normalized spacial score (nSPS) is 13.7. The summed E-state index contributed by atoms with van der Waals surface area (Å²) < 4.78 is 16.2. The minimum atomic E-state index is -0.287. The van der Waals surface area contributed by atoms with E-state index in [1.807, 2.05) is 6.92 Å². The summed E-state index contributed by atoms with van der Waals surface area (Å²) in [4.78, 5) is 26.5. The number of hydrogen-bond donors (Lipinski definition) is 1. The van der Waals surface area contributed by atoms with Crippen LogP contribution in [0.4, 0.5) is 5.69 Å². The van der Waals surface area contributed by atoms with Gasteiger partial charge in [-0.05, 0) is 48.9 Å². The minimum Gasteiger partial charge on any atom is -0.493 e. The van der Waals surface area contributed by atoms with E-state index in [4.69, 9.17) is 25.8 Å². The molecule has 0 saturated carbocycles. The Morgan fingerprint density at radius 3 is 2.59 bits per heavy atom. The van der Waals surface area contributed by atoms with Gasteiger partial charge in [0.2, 0.25) is 0 Å². The molecular weight excluding hydrogens is 396 g/mol. The van der Waals surface area contributed by atoms with Gasteiger partial charge in [-0.3, -0.25) is 9.59 Å². The number of ether oxygens (including phenoxy) is 3. The average Bonchev–Trinajstić information content (AvgIpc) is 2.74. The van der Waals surface area contributed by atoms with E-state index in [1.54, 1.807) is 41.3 Å². The molecule has 0 bridgehead atoms. The Balaban J connectivity index is 1.66. The van der Waals surface area contributed by atoms with Gasteiger partial charge < -0.3 is 24.4 Å². The summed E-state index contributed by atoms with van der Waals surface area (Å²) in [7, 11) is 1.48. The van der Waals surface area contributed by atoms with Crippen molar-refractivity contribution in [2.45, 2.75) is 6.92 Å². The third kappa shape index (κ3) is 5.40. The Morgan fingerprint density at radius 2 is 1.90 bits per heavy atom. The van der Waals surface area contributed by atoms with Gasteiger partial charge in [0.05, 0.1) is 20.3 Å². The highest BCUT2D eigenvalue weighted by atomic mass is 35.5. The molecule has 3 rings (SSSR count). The number of methoxy groups -OCH3 is 1. The van der Waals surface area contributed by atoms with Crippen LogP contribution < -0.4 is 14.8 Å². The van der Waals surface area contributed by atoms with Crippen molar-refractivity contribution in [2.24, 2.45) is 0 Å². The average molecular weight is 419 g/mol. The number of benzene rings is 2. The molecule has 29 heavy (non-hydrogen) atoms. The minimum absolute atomic E-state index is 0.105. The molecule has 1 fully saturated rings. The summed E-state index contributed by atoms with van der Waals surface area (Å²) in [6.07, 6.45) is 0. The fraction of sp³-hybridized carbons (Fsp3) is 0.333. The van der Waals surface area contributed by atoms with E-state index in [2.05, 4.69) is 5.32 Å². The number of morpholine rings is 1. The second-order valence-electron chi connectivity index (χ2n) is 6.56. The molecule has 0 spiro atoms. The lowest BCUT2D eigenvalue weighted by Crippen LogP contribution is -2.43. The van der Waals surface area contributed by atoms with Crippen LogP contribution in [0.15, 0.2) is 36.4 Å². The van der Waals surface area contributed by atoms with E-state index in [1.165, 1.54) is 7.11 Å². The molecule has 2 aromatic carbocycles. The predicted molar refractivity (Wildman–Crippen MR) is 110 cm³/mol. The third-order valence-electron chi connectivity index (χ3n) is 4.58. The standard InChI is InChI=1S/C21H23ClN2O5/c1-14-11-16(22)4-5-17(14)23-21(26)15-3-6-18(19(12-15)27-2)29-13-20(25)24-7-9-28-10-8-24/h3-6,11-12H,7-10,13H2,1-2H3,(H,23,26). The maximum atomic E-state index is 12.6. The molecule has 0 aromatic heterocycles. The van der Waals surface area contributed by atoms with Gasteiger partial charge in [0.15, 0.2) is 18.1 Å². The van der Waals surface area contributed by atoms with Crippen LogP contribution in [0.3, 0.4) is 0 Å². The zero-order chi connectivity index (χ0) is 20.8. The van der Waals surface area contributed by atoms with E-state index in [0.717, 1.165) is 5.56 Å². The highest BCUT2D eigenvalue weighted by Crippen LogP contribution is 2.29. The van der Waals surface area contributed by atoms with Gasteiger partial charge in [-0.2, -0.15) is 0 Å². The maximum absolute atomic E-state index is 12.6. The summed E-state index contributed by atoms with van der Waals surface area (Å²) in [5, 5.41) is 3.46. The number of aryl methyl sites for hydroxylation is 1. The Kier molecular flexibility index (Phi) is 6.95. The number of carbonyl (C=O) groups is 2. The van der Waals surface area contributed by atoms with Gasteiger partial charge >= 0.3 is 0 Å². The molecule has 1 saturated heterocycles. The zero-order valence-corrected chi connectivity index (χ0v) is 17.1. The van der Waals surface area contributed by atoms with Crippen molar-refractivity contribution in [3.63, 3.8) is 0 Å². The van der Waals surface area contributed by atoms with Crippen molar-refractivity contribution in [1.82, 2.24) is 4.90 Å². The first-order valence-electron chi connectivity index (χ1n) is 9.22. The van der Waals surface area contributed by atoms with Crippen molar-refractivity contribution in [3.8, 4) is 11.5 Å². The molecule has 1 aliphatic rings. The number of amides is 2. The monoisotopic (exact) mass is 418 g/mol. The molecule has 1 aliphatic heterocycles. The number of carbonyl (C=O) groups excluding carboxylic acids is 2. The number of rotatable bonds is 6. The predicted octanol–water partition coefficient (Wildman–Crippen LogP) is 3.15. The molecule has 2 amide bonds. The Hall–Kier alpha value is -2.77. The summed E-state index contributed by atoms with van der Waals surface area (Å²) in [5.74, 6) is 0.369. The van der Waals surface area contributed by atoms with Crippen LogP contribution in [0.2, 0.25) is 5.02 Å². The molecule has 0 atom stereocenters. The van der Waals surface area contributed by atoms with Crippen LogP contribution in [0.25, 0.3) is 0 Å². The molecular formula is C21H23ClN2O5. The van der Waals surface area contributed by atoms with Gasteiger partial charge in [0, 0.05) is 29.4 Å². The van der Waals surface area contributed by atoms with Gasteiger partial charge in [0.1, 0.15) is 0 Å².